The first kappa shape index (κ1) is 55.6. The first-order valence-electron chi connectivity index (χ1n) is 20.3. The van der Waals surface area contributed by atoms with Crippen LogP contribution in [-0.2, 0) is 71.5 Å². The lowest BCUT2D eigenvalue weighted by molar-refractivity contribution is -0.141. The second kappa shape index (κ2) is 30.6. The lowest BCUT2D eigenvalue weighted by Crippen LogP contribution is -2.39. The van der Waals surface area contributed by atoms with Crippen LogP contribution in [0.4, 0.5) is 11.4 Å². The smallest absolute Gasteiger partial charge is 0.305 e. The van der Waals surface area contributed by atoms with Gasteiger partial charge in [-0.1, -0.05) is 41.9 Å². The van der Waals surface area contributed by atoms with Gasteiger partial charge in [0, 0.05) is 78.8 Å². The number of ether oxygens (including phenoxy) is 2. The molecule has 2 aromatic rings. The number of anilines is 2. The molecule has 0 heterocycles. The van der Waals surface area contributed by atoms with E-state index in [1.807, 2.05) is 12.1 Å². The molecule has 62 heavy (non-hydrogen) atoms. The monoisotopic (exact) mass is 970 g/mol. The van der Waals surface area contributed by atoms with Crippen LogP contribution in [0.1, 0.15) is 114 Å². The summed E-state index contributed by atoms with van der Waals surface area (Å²) in [6.45, 7) is 6.31. The van der Waals surface area contributed by atoms with Gasteiger partial charge in [0.15, 0.2) is 11.6 Å². The van der Waals surface area contributed by atoms with Crippen molar-refractivity contribution in [3.63, 3.8) is 0 Å². The van der Waals surface area contributed by atoms with Gasteiger partial charge < -0.3 is 35.8 Å². The first-order chi connectivity index (χ1) is 29.4. The molecule has 0 aliphatic heterocycles. The minimum Gasteiger partial charge on any atom is -0.469 e. The predicted molar refractivity (Wildman–Crippen MR) is 242 cm³/mol. The van der Waals surface area contributed by atoms with E-state index in [4.69, 9.17) is 23.2 Å². The van der Waals surface area contributed by atoms with E-state index in [9.17, 15) is 43.5 Å². The van der Waals surface area contributed by atoms with Crippen molar-refractivity contribution in [3.8, 4) is 0 Å². The summed E-state index contributed by atoms with van der Waals surface area (Å²) in [6, 6.07) is 9.29. The Morgan fingerprint density at radius 1 is 0.581 bits per heavy atom. The fourth-order valence-electron chi connectivity index (χ4n) is 5.77. The number of aliphatic hydroxyl groups excluding tert-OH is 1. The number of unbranched alkanes of at least 4 members (excludes halogenated alkanes) is 2. The van der Waals surface area contributed by atoms with Crippen LogP contribution in [0.2, 0.25) is 0 Å². The van der Waals surface area contributed by atoms with Crippen molar-refractivity contribution in [3.05, 3.63) is 58.7 Å². The molecule has 0 fully saturated rings. The summed E-state index contributed by atoms with van der Waals surface area (Å²) in [5, 5.41) is 20.8. The summed E-state index contributed by atoms with van der Waals surface area (Å²) >= 11 is 15.1. The van der Waals surface area contributed by atoms with Crippen molar-refractivity contribution in [2.45, 2.75) is 128 Å². The van der Waals surface area contributed by atoms with Gasteiger partial charge in [-0.25, -0.2) is 0 Å². The third kappa shape index (κ3) is 22.6. The number of rotatable bonds is 26. The minimum atomic E-state index is -0.719. The maximum atomic E-state index is 12.5. The highest BCUT2D eigenvalue weighted by atomic mass is 79.9. The molecule has 0 aromatic heterocycles. The molecule has 15 nitrogen and oxygen atoms in total. The number of benzene rings is 2. The molecule has 0 saturated heterocycles. The van der Waals surface area contributed by atoms with E-state index in [2.05, 4.69) is 46.7 Å². The number of alkyl halides is 3. The number of ketones is 2. The van der Waals surface area contributed by atoms with Gasteiger partial charge in [0.25, 0.3) is 0 Å². The van der Waals surface area contributed by atoms with E-state index in [0.29, 0.717) is 53.8 Å². The fraction of sp³-hybridized carbons (Fsp3) is 0.545. The molecule has 0 bridgehead atoms. The number of nitrogens with one attached hydrogen (secondary N) is 4. The lowest BCUT2D eigenvalue weighted by Gasteiger charge is -2.17. The molecule has 344 valence electrons. The molecule has 18 heteroatoms. The first-order valence-corrected chi connectivity index (χ1v) is 22.5. The van der Waals surface area contributed by atoms with Crippen LogP contribution in [0.25, 0.3) is 0 Å². The van der Waals surface area contributed by atoms with Crippen LogP contribution >= 0.6 is 39.1 Å². The highest BCUT2D eigenvalue weighted by Gasteiger charge is 2.24. The summed E-state index contributed by atoms with van der Waals surface area (Å²) in [5.41, 5.74) is 4.39. The molecule has 2 aromatic carbocycles. The van der Waals surface area contributed by atoms with Crippen LogP contribution in [0.3, 0.4) is 0 Å². The van der Waals surface area contributed by atoms with Crippen molar-refractivity contribution in [1.29, 1.82) is 0 Å². The summed E-state index contributed by atoms with van der Waals surface area (Å²) in [5.74, 6) is -2.86. The fourth-order valence-corrected chi connectivity index (χ4v) is 6.40. The van der Waals surface area contributed by atoms with Gasteiger partial charge in [-0.2, -0.15) is 0 Å². The van der Waals surface area contributed by atoms with Gasteiger partial charge in [-0.3, -0.25) is 38.4 Å². The van der Waals surface area contributed by atoms with E-state index < -0.39 is 23.9 Å². The van der Waals surface area contributed by atoms with E-state index in [-0.39, 0.29) is 98.1 Å². The molecular formula is C44H61BrCl2N4O11. The predicted octanol–water partition coefficient (Wildman–Crippen LogP) is 6.78. The zero-order chi connectivity index (χ0) is 46.8. The van der Waals surface area contributed by atoms with Gasteiger partial charge >= 0.3 is 11.9 Å². The number of methoxy groups -OCH3 is 2. The summed E-state index contributed by atoms with van der Waals surface area (Å²) in [6.07, 6.45) is 3.02. The number of carbonyl (C=O) groups is 8. The van der Waals surface area contributed by atoms with Crippen LogP contribution in [-0.4, -0.2) is 78.5 Å². The third-order valence-corrected chi connectivity index (χ3v) is 10.7. The van der Waals surface area contributed by atoms with Crippen molar-refractivity contribution < 1.29 is 52.9 Å². The Hall–Kier alpha value is -4.38. The molecule has 0 radical (unpaired) electrons. The van der Waals surface area contributed by atoms with Crippen molar-refractivity contribution in [2.75, 3.05) is 24.9 Å². The number of esters is 2. The number of hydrogen-bond donors (Lipinski definition) is 5. The molecule has 2 rings (SSSR count). The van der Waals surface area contributed by atoms with E-state index in [0.717, 1.165) is 16.7 Å². The number of aliphatic hydroxyl groups is 1. The normalized spacial score (nSPS) is 12.5. The summed E-state index contributed by atoms with van der Waals surface area (Å²) in [4.78, 5) is 95.8. The topological polar surface area (TPSA) is 223 Å². The Labute approximate surface area is 382 Å². The standard InChI is InChI=1S/C22H30BrClN2O5.C22H31ClN2O6/c1-14(22(30)26-18-10-16(12-23)9-17(11-18)13-24)8-19(27)15(2)25-20(28)6-4-5-7-21(29)31-3;1-14(22(30)25-18-10-16(12-23)9-17(11-18)13-26)8-19(27)15(2)24-20(28)6-4-5-7-21(29)31-3/h9-11,14-15H,4-8,12-13H2,1-3H3,(H,25,28)(H,26,30);9-11,14-15,26H,4-8,12-13H2,1-3H3,(H,24,28)(H,25,30)/t2*14-,15+/m11/s1. The minimum absolute atomic E-state index is 0.0100. The third-order valence-electron chi connectivity index (χ3n) is 9.44. The van der Waals surface area contributed by atoms with E-state index in [1.165, 1.54) is 14.2 Å². The Balaban J connectivity index is 0.000000620. The maximum absolute atomic E-state index is 12.5. The van der Waals surface area contributed by atoms with Crippen LogP contribution < -0.4 is 21.3 Å². The number of Topliss-reactive ketones (excluding diaryl/α,β-unsaturated/α-hetero) is 2. The van der Waals surface area contributed by atoms with Gasteiger partial charge in [-0.05, 0) is 86.1 Å². The van der Waals surface area contributed by atoms with Crippen LogP contribution in [0.5, 0.6) is 0 Å². The molecule has 5 N–H and O–H groups in total. The number of halogens is 3. The number of amides is 4. The van der Waals surface area contributed by atoms with Crippen LogP contribution in [0.15, 0.2) is 36.4 Å². The second-order valence-electron chi connectivity index (χ2n) is 14.9. The maximum Gasteiger partial charge on any atom is 0.305 e. The highest BCUT2D eigenvalue weighted by molar-refractivity contribution is 9.08. The van der Waals surface area contributed by atoms with Crippen molar-refractivity contribution in [2.24, 2.45) is 11.8 Å². The van der Waals surface area contributed by atoms with E-state index in [1.54, 1.807) is 52.0 Å². The van der Waals surface area contributed by atoms with Crippen molar-refractivity contribution >= 4 is 97.6 Å². The summed E-state index contributed by atoms with van der Waals surface area (Å²) in [7, 11) is 2.63. The average molecular weight is 973 g/mol. The zero-order valence-electron chi connectivity index (χ0n) is 36.3. The number of hydrogen-bond acceptors (Lipinski definition) is 11. The molecule has 0 spiro atoms. The molecule has 0 unspecified atom stereocenters. The summed E-state index contributed by atoms with van der Waals surface area (Å²) < 4.78 is 9.08. The molecular weight excluding hydrogens is 911 g/mol. The highest BCUT2D eigenvalue weighted by Crippen LogP contribution is 2.21. The molecule has 0 aliphatic rings. The zero-order valence-corrected chi connectivity index (χ0v) is 39.4. The van der Waals surface area contributed by atoms with Gasteiger partial charge in [0.05, 0.1) is 32.9 Å². The van der Waals surface area contributed by atoms with Gasteiger partial charge in [0.1, 0.15) is 0 Å². The Bertz CT molecular complexity index is 1660. The molecule has 4 amide bonds. The van der Waals surface area contributed by atoms with Gasteiger partial charge in [-0.15, -0.1) is 23.2 Å². The van der Waals surface area contributed by atoms with E-state index >= 15 is 0 Å². The quantitative estimate of drug-likeness (QED) is 0.0375. The molecule has 0 aliphatic carbocycles. The Morgan fingerprint density at radius 3 is 1.29 bits per heavy atom. The second-order valence-corrected chi connectivity index (χ2v) is 16.0. The van der Waals surface area contributed by atoms with Gasteiger partial charge in [0.2, 0.25) is 23.6 Å². The van der Waals surface area contributed by atoms with Crippen molar-refractivity contribution in [1.82, 2.24) is 10.6 Å². The average Bonchev–Trinajstić information content (AvgIpc) is 3.25. The largest absolute Gasteiger partial charge is 0.469 e. The van der Waals surface area contributed by atoms with Crippen LogP contribution in [0, 0.1) is 11.8 Å². The Kier molecular flexibility index (Phi) is 27.5. The Morgan fingerprint density at radius 2 is 0.935 bits per heavy atom. The molecule has 0 saturated carbocycles. The number of carbonyl (C=O) groups excluding carboxylic acids is 8. The SMILES string of the molecule is COC(=O)CCCCC(=O)N[C@@H](C)C(=O)C[C@@H](C)C(=O)Nc1cc(CCl)cc(CBr)c1.COC(=O)CCCCC(=O)N[C@@H](C)C(=O)C[C@@H](C)C(=O)Nc1cc(CO)cc(CCl)c1. The lowest BCUT2D eigenvalue weighted by atomic mass is 9.99. The molecule has 4 atom stereocenters.